The molecule has 0 bridgehead atoms. The SMILES string of the molecule is Cc1c(C)n(-c2ccc(F)c(F)c2)c2ncnc(NCc3ccccc3Cl)c12. The van der Waals surface area contributed by atoms with Gasteiger partial charge in [-0.1, -0.05) is 29.8 Å². The highest BCUT2D eigenvalue weighted by Crippen LogP contribution is 2.32. The van der Waals surface area contributed by atoms with Gasteiger partial charge in [-0.05, 0) is 43.2 Å². The Morgan fingerprint density at radius 1 is 1.04 bits per heavy atom. The molecule has 0 atom stereocenters. The predicted octanol–water partition coefficient (Wildman–Crippen LogP) is 5.58. The van der Waals surface area contributed by atoms with Crippen molar-refractivity contribution in [3.63, 3.8) is 0 Å². The van der Waals surface area contributed by atoms with Gasteiger partial charge in [-0.25, -0.2) is 18.7 Å². The van der Waals surface area contributed by atoms with Gasteiger partial charge in [0.25, 0.3) is 0 Å². The van der Waals surface area contributed by atoms with E-state index in [-0.39, 0.29) is 0 Å². The molecule has 0 spiro atoms. The molecule has 2 aromatic heterocycles. The van der Waals surface area contributed by atoms with Crippen LogP contribution in [0.4, 0.5) is 14.6 Å². The van der Waals surface area contributed by atoms with Gasteiger partial charge in [0, 0.05) is 23.3 Å². The number of hydrogen-bond donors (Lipinski definition) is 1. The normalized spacial score (nSPS) is 11.2. The van der Waals surface area contributed by atoms with E-state index in [4.69, 9.17) is 11.6 Å². The Kier molecular flexibility index (Phi) is 4.73. The Balaban J connectivity index is 1.80. The van der Waals surface area contributed by atoms with Gasteiger partial charge in [0.1, 0.15) is 12.1 Å². The van der Waals surface area contributed by atoms with Crippen molar-refractivity contribution >= 4 is 28.5 Å². The van der Waals surface area contributed by atoms with Crippen molar-refractivity contribution in [3.05, 3.63) is 82.3 Å². The second kappa shape index (κ2) is 7.20. The summed E-state index contributed by atoms with van der Waals surface area (Å²) in [6.45, 7) is 4.37. The Morgan fingerprint density at radius 2 is 1.82 bits per heavy atom. The zero-order valence-corrected chi connectivity index (χ0v) is 16.1. The van der Waals surface area contributed by atoms with E-state index < -0.39 is 11.6 Å². The molecule has 0 amide bonds. The quantitative estimate of drug-likeness (QED) is 0.488. The zero-order valence-electron chi connectivity index (χ0n) is 15.3. The van der Waals surface area contributed by atoms with E-state index >= 15 is 0 Å². The molecule has 0 fully saturated rings. The summed E-state index contributed by atoms with van der Waals surface area (Å²) in [5.41, 5.74) is 3.91. The number of nitrogens with one attached hydrogen (secondary N) is 1. The van der Waals surface area contributed by atoms with E-state index in [1.165, 1.54) is 18.5 Å². The molecule has 0 unspecified atom stereocenters. The van der Waals surface area contributed by atoms with Crippen LogP contribution in [0.25, 0.3) is 16.7 Å². The van der Waals surface area contributed by atoms with E-state index in [0.717, 1.165) is 28.3 Å². The largest absolute Gasteiger partial charge is 0.365 e. The van der Waals surface area contributed by atoms with Crippen LogP contribution in [0.15, 0.2) is 48.8 Å². The topological polar surface area (TPSA) is 42.7 Å². The number of aromatic nitrogens is 3. The molecular formula is C21H17ClF2N4. The molecule has 2 aromatic carbocycles. The third kappa shape index (κ3) is 3.10. The van der Waals surface area contributed by atoms with Crippen LogP contribution in [-0.2, 0) is 6.54 Å². The number of halogens is 3. The van der Waals surface area contributed by atoms with Gasteiger partial charge in [-0.2, -0.15) is 0 Å². The van der Waals surface area contributed by atoms with E-state index in [0.29, 0.717) is 28.7 Å². The first-order valence-corrected chi connectivity index (χ1v) is 9.10. The highest BCUT2D eigenvalue weighted by Gasteiger charge is 2.18. The molecule has 0 aliphatic heterocycles. The molecule has 1 N–H and O–H groups in total. The van der Waals surface area contributed by atoms with E-state index in [1.54, 1.807) is 4.57 Å². The minimum absolute atomic E-state index is 0.501. The lowest BCUT2D eigenvalue weighted by Gasteiger charge is -2.10. The number of benzene rings is 2. The van der Waals surface area contributed by atoms with Gasteiger partial charge in [-0.3, -0.25) is 4.57 Å². The molecule has 0 saturated heterocycles. The summed E-state index contributed by atoms with van der Waals surface area (Å²) >= 11 is 6.23. The van der Waals surface area contributed by atoms with Crippen LogP contribution < -0.4 is 5.32 Å². The summed E-state index contributed by atoms with van der Waals surface area (Å²) in [5.74, 6) is -1.12. The Bertz CT molecular complexity index is 1190. The number of nitrogens with zero attached hydrogens (tertiary/aromatic N) is 3. The van der Waals surface area contributed by atoms with Crippen molar-refractivity contribution in [2.24, 2.45) is 0 Å². The van der Waals surface area contributed by atoms with E-state index in [9.17, 15) is 8.78 Å². The Labute approximate surface area is 165 Å². The average molecular weight is 399 g/mol. The highest BCUT2D eigenvalue weighted by molar-refractivity contribution is 6.31. The fourth-order valence-corrected chi connectivity index (χ4v) is 3.50. The first-order valence-electron chi connectivity index (χ1n) is 8.72. The predicted molar refractivity (Wildman–Crippen MR) is 107 cm³/mol. The van der Waals surface area contributed by atoms with Crippen LogP contribution in [0.5, 0.6) is 0 Å². The summed E-state index contributed by atoms with van der Waals surface area (Å²) in [7, 11) is 0. The molecule has 4 rings (SSSR count). The lowest BCUT2D eigenvalue weighted by Crippen LogP contribution is -2.04. The van der Waals surface area contributed by atoms with Gasteiger partial charge >= 0.3 is 0 Å². The van der Waals surface area contributed by atoms with Crippen LogP contribution in [0.2, 0.25) is 5.02 Å². The summed E-state index contributed by atoms with van der Waals surface area (Å²) in [6, 6.07) is 11.4. The first kappa shape index (κ1) is 18.4. The highest BCUT2D eigenvalue weighted by atomic mass is 35.5. The van der Waals surface area contributed by atoms with Crippen molar-refractivity contribution in [2.75, 3.05) is 5.32 Å². The van der Waals surface area contributed by atoms with Crippen molar-refractivity contribution < 1.29 is 8.78 Å². The molecule has 142 valence electrons. The molecule has 0 aliphatic carbocycles. The number of aryl methyl sites for hydroxylation is 1. The lowest BCUT2D eigenvalue weighted by atomic mass is 10.2. The van der Waals surface area contributed by atoms with Crippen molar-refractivity contribution in [1.29, 1.82) is 0 Å². The third-order valence-electron chi connectivity index (χ3n) is 4.86. The van der Waals surface area contributed by atoms with Crippen LogP contribution >= 0.6 is 11.6 Å². The maximum absolute atomic E-state index is 13.8. The number of fused-ring (bicyclic) bond motifs is 1. The van der Waals surface area contributed by atoms with Crippen molar-refractivity contribution in [2.45, 2.75) is 20.4 Å². The lowest BCUT2D eigenvalue weighted by molar-refractivity contribution is 0.508. The molecule has 4 aromatic rings. The molecule has 28 heavy (non-hydrogen) atoms. The third-order valence-corrected chi connectivity index (χ3v) is 5.23. The van der Waals surface area contributed by atoms with Crippen LogP contribution in [0.3, 0.4) is 0 Å². The molecule has 4 nitrogen and oxygen atoms in total. The first-order chi connectivity index (χ1) is 13.5. The molecule has 0 radical (unpaired) electrons. The second-order valence-corrected chi connectivity index (χ2v) is 6.92. The minimum atomic E-state index is -0.900. The fraction of sp³-hybridized carbons (Fsp3) is 0.143. The Morgan fingerprint density at radius 3 is 2.57 bits per heavy atom. The van der Waals surface area contributed by atoms with Gasteiger partial charge in [0.05, 0.1) is 11.1 Å². The van der Waals surface area contributed by atoms with Crippen molar-refractivity contribution in [3.8, 4) is 5.69 Å². The number of rotatable bonds is 4. The zero-order chi connectivity index (χ0) is 19.8. The summed E-state index contributed by atoms with van der Waals surface area (Å²) in [4.78, 5) is 8.77. The maximum atomic E-state index is 13.8. The van der Waals surface area contributed by atoms with Gasteiger partial charge in [0.15, 0.2) is 17.3 Å². The minimum Gasteiger partial charge on any atom is -0.365 e. The molecule has 0 saturated carbocycles. The summed E-state index contributed by atoms with van der Waals surface area (Å²) < 4.78 is 28.9. The monoisotopic (exact) mass is 398 g/mol. The van der Waals surface area contributed by atoms with E-state index in [2.05, 4.69) is 15.3 Å². The second-order valence-electron chi connectivity index (χ2n) is 6.51. The van der Waals surface area contributed by atoms with Crippen LogP contribution in [-0.4, -0.2) is 14.5 Å². The standard InChI is InChI=1S/C21H17ClF2N4/c1-12-13(2)28(15-7-8-17(23)18(24)9-15)21-19(12)20(26-11-27-21)25-10-14-5-3-4-6-16(14)22/h3-9,11H,10H2,1-2H3,(H,25,26,27). The van der Waals surface area contributed by atoms with Gasteiger partial charge in [-0.15, -0.1) is 0 Å². The van der Waals surface area contributed by atoms with Crippen LogP contribution in [0.1, 0.15) is 16.8 Å². The average Bonchev–Trinajstić information content (AvgIpc) is 2.95. The molecule has 2 heterocycles. The van der Waals surface area contributed by atoms with E-state index in [1.807, 2.05) is 38.1 Å². The smallest absolute Gasteiger partial charge is 0.160 e. The summed E-state index contributed by atoms with van der Waals surface area (Å²) in [6.07, 6.45) is 1.45. The number of hydrogen-bond acceptors (Lipinski definition) is 3. The van der Waals surface area contributed by atoms with Crippen LogP contribution in [0, 0.1) is 25.5 Å². The molecule has 7 heteroatoms. The summed E-state index contributed by atoms with van der Waals surface area (Å²) in [5, 5.41) is 4.82. The molecular weight excluding hydrogens is 382 g/mol. The fourth-order valence-electron chi connectivity index (χ4n) is 3.29. The van der Waals surface area contributed by atoms with Gasteiger partial charge in [0.2, 0.25) is 0 Å². The molecule has 0 aliphatic rings. The van der Waals surface area contributed by atoms with Gasteiger partial charge < -0.3 is 5.32 Å². The van der Waals surface area contributed by atoms with Crippen molar-refractivity contribution in [1.82, 2.24) is 14.5 Å². The Hall–Kier alpha value is -2.99. The maximum Gasteiger partial charge on any atom is 0.160 e. The number of anilines is 1.